The van der Waals surface area contributed by atoms with Crippen LogP contribution < -0.4 is 10.6 Å². The molecule has 27 heavy (non-hydrogen) atoms. The molecule has 2 N–H and O–H groups in total. The topological polar surface area (TPSA) is 79.8 Å². The van der Waals surface area contributed by atoms with Crippen LogP contribution in [0.5, 0.6) is 0 Å². The standard InChI is InChI=1S/C19H30FN3O3S/c1-21-19(22-12-14-26-16-8-4-2-3-5-9-16)23-13-15-27(24,25)18-11-7-6-10-17(18)20/h6-7,10-11,16H,2-5,8-9,12-15H2,1H3,(H2,21,22,23). The molecule has 0 atom stereocenters. The van der Waals surface area contributed by atoms with Crippen LogP contribution in [-0.4, -0.2) is 53.0 Å². The van der Waals surface area contributed by atoms with Gasteiger partial charge in [-0.3, -0.25) is 4.99 Å². The Kier molecular flexibility index (Phi) is 9.00. The van der Waals surface area contributed by atoms with Crippen molar-refractivity contribution in [2.45, 2.75) is 49.5 Å². The van der Waals surface area contributed by atoms with Crippen LogP contribution in [0.15, 0.2) is 34.2 Å². The van der Waals surface area contributed by atoms with E-state index in [0.29, 0.717) is 25.2 Å². The first-order valence-electron chi connectivity index (χ1n) is 9.56. The van der Waals surface area contributed by atoms with Gasteiger partial charge in [0.05, 0.1) is 18.5 Å². The summed E-state index contributed by atoms with van der Waals surface area (Å²) in [7, 11) is -2.07. The molecule has 1 aliphatic carbocycles. The first kappa shape index (κ1) is 21.6. The summed E-state index contributed by atoms with van der Waals surface area (Å²) in [6.45, 7) is 1.31. The average molecular weight is 400 g/mol. The molecular weight excluding hydrogens is 369 g/mol. The van der Waals surface area contributed by atoms with E-state index < -0.39 is 15.7 Å². The predicted octanol–water partition coefficient (Wildman–Crippen LogP) is 2.50. The van der Waals surface area contributed by atoms with Crippen LogP contribution in [0.1, 0.15) is 38.5 Å². The van der Waals surface area contributed by atoms with E-state index in [-0.39, 0.29) is 17.2 Å². The van der Waals surface area contributed by atoms with E-state index in [9.17, 15) is 12.8 Å². The highest BCUT2D eigenvalue weighted by Crippen LogP contribution is 2.19. The molecule has 2 rings (SSSR count). The highest BCUT2D eigenvalue weighted by molar-refractivity contribution is 7.91. The minimum atomic E-state index is -3.68. The lowest BCUT2D eigenvalue weighted by molar-refractivity contribution is 0.0468. The van der Waals surface area contributed by atoms with E-state index in [1.165, 1.54) is 43.9 Å². The number of ether oxygens (including phenoxy) is 1. The summed E-state index contributed by atoms with van der Waals surface area (Å²) < 4.78 is 44.0. The summed E-state index contributed by atoms with van der Waals surface area (Å²) >= 11 is 0. The SMILES string of the molecule is CN=C(NCCOC1CCCCCC1)NCCS(=O)(=O)c1ccccc1F. The quantitative estimate of drug-likeness (QED) is 0.304. The molecule has 0 aliphatic heterocycles. The van der Waals surface area contributed by atoms with Gasteiger partial charge in [-0.05, 0) is 25.0 Å². The molecule has 152 valence electrons. The smallest absolute Gasteiger partial charge is 0.191 e. The van der Waals surface area contributed by atoms with Crippen molar-refractivity contribution in [2.24, 2.45) is 4.99 Å². The summed E-state index contributed by atoms with van der Waals surface area (Å²) in [5.41, 5.74) is 0. The van der Waals surface area contributed by atoms with Crippen molar-refractivity contribution >= 4 is 15.8 Å². The van der Waals surface area contributed by atoms with E-state index in [4.69, 9.17) is 4.74 Å². The van der Waals surface area contributed by atoms with Crippen molar-refractivity contribution in [1.29, 1.82) is 0 Å². The monoisotopic (exact) mass is 399 g/mol. The van der Waals surface area contributed by atoms with Crippen LogP contribution in [0.25, 0.3) is 0 Å². The van der Waals surface area contributed by atoms with Gasteiger partial charge in [0.2, 0.25) is 0 Å². The summed E-state index contributed by atoms with van der Waals surface area (Å²) in [5.74, 6) is -0.438. The number of guanidine groups is 1. The second-order valence-electron chi connectivity index (χ2n) is 6.66. The lowest BCUT2D eigenvalue weighted by Gasteiger charge is -2.17. The van der Waals surface area contributed by atoms with Gasteiger partial charge in [0, 0.05) is 20.1 Å². The predicted molar refractivity (Wildman–Crippen MR) is 105 cm³/mol. The molecule has 1 fully saturated rings. The Balaban J connectivity index is 1.68. The Hall–Kier alpha value is -1.67. The molecule has 0 spiro atoms. The second-order valence-corrected chi connectivity index (χ2v) is 8.74. The number of benzene rings is 1. The van der Waals surface area contributed by atoms with Gasteiger partial charge < -0.3 is 15.4 Å². The summed E-state index contributed by atoms with van der Waals surface area (Å²) in [6.07, 6.45) is 7.65. The number of sulfone groups is 1. The highest BCUT2D eigenvalue weighted by Gasteiger charge is 2.18. The fourth-order valence-electron chi connectivity index (χ4n) is 3.13. The fourth-order valence-corrected chi connectivity index (χ4v) is 4.38. The van der Waals surface area contributed by atoms with Crippen LogP contribution in [-0.2, 0) is 14.6 Å². The molecule has 1 aromatic rings. The third-order valence-electron chi connectivity index (χ3n) is 4.61. The first-order chi connectivity index (χ1) is 13.0. The molecule has 0 bridgehead atoms. The molecule has 0 saturated heterocycles. The number of hydrogen-bond acceptors (Lipinski definition) is 4. The lowest BCUT2D eigenvalue weighted by atomic mass is 10.1. The van der Waals surface area contributed by atoms with Gasteiger partial charge in [-0.1, -0.05) is 37.8 Å². The highest BCUT2D eigenvalue weighted by atomic mass is 32.2. The maximum absolute atomic E-state index is 13.7. The van der Waals surface area contributed by atoms with Crippen molar-refractivity contribution < 1.29 is 17.5 Å². The van der Waals surface area contributed by atoms with Gasteiger partial charge >= 0.3 is 0 Å². The lowest BCUT2D eigenvalue weighted by Crippen LogP contribution is -2.41. The second kappa shape index (κ2) is 11.2. The fraction of sp³-hybridized carbons (Fsp3) is 0.632. The minimum absolute atomic E-state index is 0.139. The Labute approximate surface area is 161 Å². The van der Waals surface area contributed by atoms with Gasteiger partial charge in [0.15, 0.2) is 15.8 Å². The van der Waals surface area contributed by atoms with Crippen molar-refractivity contribution in [3.8, 4) is 0 Å². The van der Waals surface area contributed by atoms with Gasteiger partial charge in [-0.2, -0.15) is 0 Å². The zero-order valence-corrected chi connectivity index (χ0v) is 16.7. The van der Waals surface area contributed by atoms with Gasteiger partial charge in [0.1, 0.15) is 10.7 Å². The maximum atomic E-state index is 13.7. The Bertz CT molecular complexity index is 702. The number of nitrogens with zero attached hydrogens (tertiary/aromatic N) is 1. The third kappa shape index (κ3) is 7.46. The zero-order chi connectivity index (χ0) is 19.5. The minimum Gasteiger partial charge on any atom is -0.376 e. The van der Waals surface area contributed by atoms with Crippen molar-refractivity contribution in [3.05, 3.63) is 30.1 Å². The maximum Gasteiger partial charge on any atom is 0.191 e. The summed E-state index contributed by atoms with van der Waals surface area (Å²) in [6, 6.07) is 5.41. The molecule has 0 radical (unpaired) electrons. The van der Waals surface area contributed by atoms with Crippen LogP contribution >= 0.6 is 0 Å². The number of hydrogen-bond donors (Lipinski definition) is 2. The molecule has 0 unspecified atom stereocenters. The number of aliphatic imine (C=N–C) groups is 1. The van der Waals surface area contributed by atoms with E-state index in [1.54, 1.807) is 7.05 Å². The van der Waals surface area contributed by atoms with E-state index in [2.05, 4.69) is 15.6 Å². The van der Waals surface area contributed by atoms with E-state index in [1.807, 2.05) is 0 Å². The molecule has 1 saturated carbocycles. The Morgan fingerprint density at radius 1 is 1.15 bits per heavy atom. The summed E-state index contributed by atoms with van der Waals surface area (Å²) in [5, 5.41) is 6.05. The van der Waals surface area contributed by atoms with Crippen LogP contribution in [0.4, 0.5) is 4.39 Å². The molecule has 0 heterocycles. The molecule has 0 aromatic heterocycles. The Morgan fingerprint density at radius 3 is 2.48 bits per heavy atom. The number of rotatable bonds is 8. The zero-order valence-electron chi connectivity index (χ0n) is 15.9. The normalized spacial score (nSPS) is 16.7. The van der Waals surface area contributed by atoms with Crippen molar-refractivity contribution in [1.82, 2.24) is 10.6 Å². The Morgan fingerprint density at radius 2 is 1.81 bits per heavy atom. The third-order valence-corrected chi connectivity index (χ3v) is 6.35. The van der Waals surface area contributed by atoms with E-state index in [0.717, 1.165) is 18.9 Å². The molecular formula is C19H30FN3O3S. The largest absolute Gasteiger partial charge is 0.376 e. The van der Waals surface area contributed by atoms with Crippen LogP contribution in [0.2, 0.25) is 0 Å². The number of halogens is 1. The van der Waals surface area contributed by atoms with E-state index >= 15 is 0 Å². The van der Waals surface area contributed by atoms with Gasteiger partial charge in [0.25, 0.3) is 0 Å². The molecule has 1 aromatic carbocycles. The van der Waals surface area contributed by atoms with Crippen molar-refractivity contribution in [3.63, 3.8) is 0 Å². The molecule has 8 heteroatoms. The van der Waals surface area contributed by atoms with Gasteiger partial charge in [-0.25, -0.2) is 12.8 Å². The number of nitrogens with one attached hydrogen (secondary N) is 2. The molecule has 0 amide bonds. The summed E-state index contributed by atoms with van der Waals surface area (Å²) in [4.78, 5) is 3.80. The average Bonchev–Trinajstić information content (AvgIpc) is 2.92. The van der Waals surface area contributed by atoms with Gasteiger partial charge in [-0.15, -0.1) is 0 Å². The first-order valence-corrected chi connectivity index (χ1v) is 11.2. The van der Waals surface area contributed by atoms with Crippen molar-refractivity contribution in [2.75, 3.05) is 32.5 Å². The molecule has 1 aliphatic rings. The van der Waals surface area contributed by atoms with Crippen LogP contribution in [0, 0.1) is 5.82 Å². The molecule has 6 nitrogen and oxygen atoms in total. The van der Waals surface area contributed by atoms with Crippen LogP contribution in [0.3, 0.4) is 0 Å².